The van der Waals surface area contributed by atoms with E-state index in [4.69, 9.17) is 4.98 Å². The standard InChI is InChI=1S/C21H24N4O3S/c1-15-5-4-9-25-12-19(23-21(15)25)16-6-3-7-17(11-16)22-20(26)13-24(2)18-8-10-29(27,28)14-18/h3-7,9,11-12,18H,8,10,13-14H2,1-2H3,(H,22,26)/t18-/m0/s1. The lowest BCUT2D eigenvalue weighted by atomic mass is 10.1. The van der Waals surface area contributed by atoms with Crippen LogP contribution < -0.4 is 5.32 Å². The number of anilines is 1. The third kappa shape index (κ3) is 4.33. The zero-order valence-corrected chi connectivity index (χ0v) is 17.3. The average Bonchev–Trinajstić information content (AvgIpc) is 3.26. The van der Waals surface area contributed by atoms with E-state index in [9.17, 15) is 13.2 Å². The Balaban J connectivity index is 1.46. The van der Waals surface area contributed by atoms with Crippen LogP contribution in [0.15, 0.2) is 48.8 Å². The van der Waals surface area contributed by atoms with Gasteiger partial charge in [0, 0.05) is 29.7 Å². The molecule has 2 aromatic heterocycles. The van der Waals surface area contributed by atoms with Crippen molar-refractivity contribution in [2.75, 3.05) is 30.4 Å². The van der Waals surface area contributed by atoms with Crippen molar-refractivity contribution in [3.63, 3.8) is 0 Å². The van der Waals surface area contributed by atoms with Crippen LogP contribution in [0.2, 0.25) is 0 Å². The first-order valence-corrected chi connectivity index (χ1v) is 11.4. The Morgan fingerprint density at radius 3 is 2.86 bits per heavy atom. The molecule has 3 aromatic rings. The normalized spacial score (nSPS) is 18.4. The summed E-state index contributed by atoms with van der Waals surface area (Å²) in [6.07, 6.45) is 4.51. The summed E-state index contributed by atoms with van der Waals surface area (Å²) in [4.78, 5) is 19.0. The average molecular weight is 413 g/mol. The number of nitrogens with one attached hydrogen (secondary N) is 1. The number of sulfone groups is 1. The van der Waals surface area contributed by atoms with Gasteiger partial charge in [0.1, 0.15) is 5.65 Å². The van der Waals surface area contributed by atoms with Gasteiger partial charge in [0.15, 0.2) is 9.84 Å². The third-order valence-corrected chi connectivity index (χ3v) is 7.10. The second kappa shape index (κ2) is 7.61. The van der Waals surface area contributed by atoms with Crippen LogP contribution >= 0.6 is 0 Å². The zero-order chi connectivity index (χ0) is 20.6. The molecule has 1 aromatic carbocycles. The Morgan fingerprint density at radius 2 is 2.14 bits per heavy atom. The maximum absolute atomic E-state index is 12.5. The van der Waals surface area contributed by atoms with Crippen molar-refractivity contribution >= 4 is 27.1 Å². The fourth-order valence-electron chi connectivity index (χ4n) is 3.73. The van der Waals surface area contributed by atoms with Gasteiger partial charge in [-0.25, -0.2) is 13.4 Å². The van der Waals surface area contributed by atoms with Crippen LogP contribution in [0.5, 0.6) is 0 Å². The molecule has 29 heavy (non-hydrogen) atoms. The lowest BCUT2D eigenvalue weighted by Gasteiger charge is -2.22. The number of nitrogens with zero attached hydrogens (tertiary/aromatic N) is 3. The molecule has 4 rings (SSSR count). The van der Waals surface area contributed by atoms with Gasteiger partial charge >= 0.3 is 0 Å². The molecule has 1 N–H and O–H groups in total. The van der Waals surface area contributed by atoms with Crippen LogP contribution in [0.4, 0.5) is 5.69 Å². The van der Waals surface area contributed by atoms with Crippen molar-refractivity contribution in [3.05, 3.63) is 54.4 Å². The van der Waals surface area contributed by atoms with Crippen LogP contribution in [0, 0.1) is 6.92 Å². The van der Waals surface area contributed by atoms with Gasteiger partial charge in [0.25, 0.3) is 0 Å². The highest BCUT2D eigenvalue weighted by molar-refractivity contribution is 7.91. The van der Waals surface area contributed by atoms with E-state index >= 15 is 0 Å². The first kappa shape index (κ1) is 19.6. The number of rotatable bonds is 5. The van der Waals surface area contributed by atoms with Crippen LogP contribution in [0.1, 0.15) is 12.0 Å². The number of carbonyl (C=O) groups excluding carboxylic acids is 1. The van der Waals surface area contributed by atoms with Crippen molar-refractivity contribution in [1.82, 2.24) is 14.3 Å². The summed E-state index contributed by atoms with van der Waals surface area (Å²) >= 11 is 0. The van der Waals surface area contributed by atoms with Crippen LogP contribution in [-0.4, -0.2) is 59.7 Å². The van der Waals surface area contributed by atoms with Crippen molar-refractivity contribution < 1.29 is 13.2 Å². The highest BCUT2D eigenvalue weighted by atomic mass is 32.2. The zero-order valence-electron chi connectivity index (χ0n) is 16.5. The molecule has 1 aliphatic heterocycles. The van der Waals surface area contributed by atoms with Gasteiger partial charge in [-0.15, -0.1) is 0 Å². The van der Waals surface area contributed by atoms with Crippen molar-refractivity contribution in [2.45, 2.75) is 19.4 Å². The minimum absolute atomic E-state index is 0.0988. The molecule has 1 amide bonds. The largest absolute Gasteiger partial charge is 0.325 e. The summed E-state index contributed by atoms with van der Waals surface area (Å²) in [6.45, 7) is 2.17. The number of amides is 1. The van der Waals surface area contributed by atoms with E-state index in [2.05, 4.69) is 5.32 Å². The molecule has 0 spiro atoms. The number of benzene rings is 1. The predicted molar refractivity (Wildman–Crippen MR) is 114 cm³/mol. The van der Waals surface area contributed by atoms with E-state index in [-0.39, 0.29) is 30.0 Å². The molecule has 0 unspecified atom stereocenters. The summed E-state index contributed by atoms with van der Waals surface area (Å²) < 4.78 is 25.3. The Kier molecular flexibility index (Phi) is 5.14. The van der Waals surface area contributed by atoms with Gasteiger partial charge in [-0.2, -0.15) is 0 Å². The Bertz CT molecular complexity index is 1170. The SMILES string of the molecule is Cc1cccn2cc(-c3cccc(NC(=O)CN(C)[C@H]4CCS(=O)(=O)C4)c3)nc12. The van der Waals surface area contributed by atoms with E-state index in [1.165, 1.54) is 0 Å². The molecule has 0 bridgehead atoms. The minimum Gasteiger partial charge on any atom is -0.325 e. The lowest BCUT2D eigenvalue weighted by molar-refractivity contribution is -0.117. The van der Waals surface area contributed by atoms with Crippen LogP contribution in [0.3, 0.4) is 0 Å². The fourth-order valence-corrected chi connectivity index (χ4v) is 5.53. The number of imidazole rings is 1. The Hall–Kier alpha value is -2.71. The maximum atomic E-state index is 12.5. The number of hydrogen-bond donors (Lipinski definition) is 1. The Labute approximate surface area is 170 Å². The van der Waals surface area contributed by atoms with Gasteiger partial charge in [-0.3, -0.25) is 9.69 Å². The van der Waals surface area contributed by atoms with Gasteiger partial charge in [0.2, 0.25) is 5.91 Å². The summed E-state index contributed by atoms with van der Waals surface area (Å²) in [7, 11) is -1.18. The van der Waals surface area contributed by atoms with Crippen molar-refractivity contribution in [3.8, 4) is 11.3 Å². The molecule has 152 valence electrons. The second-order valence-electron chi connectivity index (χ2n) is 7.65. The van der Waals surface area contributed by atoms with Crippen LogP contribution in [0.25, 0.3) is 16.9 Å². The van der Waals surface area contributed by atoms with Crippen molar-refractivity contribution in [2.24, 2.45) is 0 Å². The predicted octanol–water partition coefficient (Wildman–Crippen LogP) is 2.37. The summed E-state index contributed by atoms with van der Waals surface area (Å²) in [5, 5.41) is 2.91. The number of pyridine rings is 1. The molecule has 8 heteroatoms. The highest BCUT2D eigenvalue weighted by Gasteiger charge is 2.31. The maximum Gasteiger partial charge on any atom is 0.238 e. The first-order chi connectivity index (χ1) is 13.8. The molecule has 3 heterocycles. The Morgan fingerprint density at radius 1 is 1.31 bits per heavy atom. The van der Waals surface area contributed by atoms with Crippen LogP contribution in [-0.2, 0) is 14.6 Å². The van der Waals surface area contributed by atoms with E-state index in [0.29, 0.717) is 12.1 Å². The van der Waals surface area contributed by atoms with E-state index < -0.39 is 9.84 Å². The van der Waals surface area contributed by atoms with Gasteiger partial charge in [-0.1, -0.05) is 18.2 Å². The van der Waals surface area contributed by atoms with E-state index in [0.717, 1.165) is 22.5 Å². The quantitative estimate of drug-likeness (QED) is 0.696. The van der Waals surface area contributed by atoms with Gasteiger partial charge in [0.05, 0.1) is 23.7 Å². The van der Waals surface area contributed by atoms with Gasteiger partial charge in [-0.05, 0) is 44.2 Å². The molecule has 1 saturated heterocycles. The number of likely N-dealkylation sites (N-methyl/N-ethyl adjacent to an activating group) is 1. The highest BCUT2D eigenvalue weighted by Crippen LogP contribution is 2.23. The number of hydrogen-bond acceptors (Lipinski definition) is 5. The number of carbonyl (C=O) groups is 1. The molecule has 0 aliphatic carbocycles. The topological polar surface area (TPSA) is 83.8 Å². The second-order valence-corrected chi connectivity index (χ2v) is 9.88. The number of aryl methyl sites for hydroxylation is 1. The molecule has 0 radical (unpaired) electrons. The first-order valence-electron chi connectivity index (χ1n) is 9.56. The number of aromatic nitrogens is 2. The molecule has 1 aliphatic rings. The summed E-state index contributed by atoms with van der Waals surface area (Å²) in [6, 6.07) is 11.5. The summed E-state index contributed by atoms with van der Waals surface area (Å²) in [5.41, 5.74) is 4.45. The molecule has 1 fully saturated rings. The van der Waals surface area contributed by atoms with E-state index in [1.54, 1.807) is 7.05 Å². The van der Waals surface area contributed by atoms with E-state index in [1.807, 2.05) is 65.0 Å². The molecule has 7 nitrogen and oxygen atoms in total. The molecular weight excluding hydrogens is 388 g/mol. The lowest BCUT2D eigenvalue weighted by Crippen LogP contribution is -2.38. The van der Waals surface area contributed by atoms with Gasteiger partial charge < -0.3 is 9.72 Å². The molecule has 0 saturated carbocycles. The number of fused-ring (bicyclic) bond motifs is 1. The monoisotopic (exact) mass is 412 g/mol. The minimum atomic E-state index is -2.97. The smallest absolute Gasteiger partial charge is 0.238 e. The molecular formula is C21H24N4O3S. The molecule has 1 atom stereocenters. The fraction of sp³-hybridized carbons (Fsp3) is 0.333. The summed E-state index contributed by atoms with van der Waals surface area (Å²) in [5.74, 6) is 0.156. The third-order valence-electron chi connectivity index (χ3n) is 5.34. The van der Waals surface area contributed by atoms with Crippen molar-refractivity contribution in [1.29, 1.82) is 0 Å².